The van der Waals surface area contributed by atoms with E-state index in [4.69, 9.17) is 9.84 Å². The normalized spacial score (nSPS) is 12.2. The van der Waals surface area contributed by atoms with E-state index in [9.17, 15) is 14.0 Å². The zero-order valence-corrected chi connectivity index (χ0v) is 16.1. The summed E-state index contributed by atoms with van der Waals surface area (Å²) in [5.74, 6) is -1.61. The molecule has 0 fully saturated rings. The van der Waals surface area contributed by atoms with Crippen LogP contribution in [-0.4, -0.2) is 23.8 Å². The zero-order valence-electron chi connectivity index (χ0n) is 16.1. The molecule has 0 heterocycles. The number of anilines is 1. The van der Waals surface area contributed by atoms with Crippen molar-refractivity contribution in [3.63, 3.8) is 0 Å². The zero-order chi connectivity index (χ0) is 21.1. The largest absolute Gasteiger partial charge is 0.481 e. The lowest BCUT2D eigenvalue weighted by atomic mass is 9.98. The fraction of sp³-hybridized carbons (Fsp3) is 0.167. The first kappa shape index (κ1) is 19.6. The minimum atomic E-state index is -0.991. The number of aryl methyl sites for hydroxylation is 1. The quantitative estimate of drug-likeness (QED) is 0.591. The van der Waals surface area contributed by atoms with Crippen LogP contribution in [0.25, 0.3) is 11.1 Å². The van der Waals surface area contributed by atoms with Crippen LogP contribution >= 0.6 is 0 Å². The third kappa shape index (κ3) is 4.03. The molecule has 0 aliphatic heterocycles. The van der Waals surface area contributed by atoms with E-state index < -0.39 is 17.9 Å². The summed E-state index contributed by atoms with van der Waals surface area (Å²) in [7, 11) is 0. The molecule has 0 unspecified atom stereocenters. The number of carboxylic acid groups (broad SMARTS) is 1. The number of amides is 1. The number of aliphatic carboxylic acids is 1. The van der Waals surface area contributed by atoms with Crippen LogP contribution in [0.15, 0.2) is 66.7 Å². The lowest BCUT2D eigenvalue weighted by Gasteiger charge is -2.15. The predicted molar refractivity (Wildman–Crippen MR) is 111 cm³/mol. The van der Waals surface area contributed by atoms with Gasteiger partial charge in [0.2, 0.25) is 0 Å². The second kappa shape index (κ2) is 8.37. The summed E-state index contributed by atoms with van der Waals surface area (Å²) in [6.45, 7) is 0.166. The molecule has 0 saturated heterocycles. The first-order valence-corrected chi connectivity index (χ1v) is 9.65. The molecule has 152 valence electrons. The number of nitrogens with one attached hydrogen (secondary N) is 1. The Hall–Kier alpha value is -3.67. The van der Waals surface area contributed by atoms with Gasteiger partial charge in [-0.15, -0.1) is 0 Å². The fourth-order valence-corrected chi connectivity index (χ4v) is 3.82. The van der Waals surface area contributed by atoms with E-state index >= 15 is 0 Å². The minimum absolute atomic E-state index is 0.0571. The maximum absolute atomic E-state index is 14.1. The molecule has 0 aromatic heterocycles. The number of carboxylic acids is 1. The lowest BCUT2D eigenvalue weighted by Crippen LogP contribution is -2.18. The number of carbonyl (C=O) groups is 2. The Morgan fingerprint density at radius 1 is 0.967 bits per heavy atom. The van der Waals surface area contributed by atoms with Gasteiger partial charge in [0.25, 0.3) is 0 Å². The van der Waals surface area contributed by atoms with Crippen LogP contribution in [0.5, 0.6) is 0 Å². The van der Waals surface area contributed by atoms with Crippen molar-refractivity contribution in [1.29, 1.82) is 0 Å². The summed E-state index contributed by atoms with van der Waals surface area (Å²) in [5.41, 5.74) is 5.04. The number of fused-ring (bicyclic) bond motifs is 3. The Balaban J connectivity index is 1.41. The van der Waals surface area contributed by atoms with Crippen molar-refractivity contribution in [3.8, 4) is 11.1 Å². The summed E-state index contributed by atoms with van der Waals surface area (Å²) < 4.78 is 19.6. The molecule has 1 aliphatic rings. The molecule has 0 atom stereocenters. The van der Waals surface area contributed by atoms with Crippen LogP contribution in [0.4, 0.5) is 14.9 Å². The molecule has 3 aromatic carbocycles. The Labute approximate surface area is 173 Å². The van der Waals surface area contributed by atoms with Crippen molar-refractivity contribution >= 4 is 17.7 Å². The van der Waals surface area contributed by atoms with Gasteiger partial charge >= 0.3 is 12.1 Å². The second-order valence-electron chi connectivity index (χ2n) is 7.15. The van der Waals surface area contributed by atoms with Crippen molar-refractivity contribution in [2.24, 2.45) is 0 Å². The van der Waals surface area contributed by atoms with E-state index in [1.807, 2.05) is 36.4 Å². The van der Waals surface area contributed by atoms with E-state index in [1.54, 1.807) is 0 Å². The van der Waals surface area contributed by atoms with Crippen LogP contribution in [0.3, 0.4) is 0 Å². The molecule has 0 radical (unpaired) electrons. The highest BCUT2D eigenvalue weighted by Gasteiger charge is 2.29. The average Bonchev–Trinajstić information content (AvgIpc) is 3.05. The number of benzene rings is 3. The van der Waals surface area contributed by atoms with Gasteiger partial charge in [0.15, 0.2) is 0 Å². The predicted octanol–water partition coefficient (Wildman–Crippen LogP) is 5.20. The standard InChI is InChI=1S/C24H20FNO4/c25-22-13-16(11-9-15(22)10-12-23(27)28)26-24(29)30-14-21-19-7-3-1-5-17(19)18-6-2-4-8-20(18)21/h1-9,11,13,21H,10,12,14H2,(H,26,29)(H,27,28). The van der Waals surface area contributed by atoms with Gasteiger partial charge in [0, 0.05) is 18.0 Å². The number of halogens is 1. The van der Waals surface area contributed by atoms with Gasteiger partial charge < -0.3 is 9.84 Å². The average molecular weight is 405 g/mol. The van der Waals surface area contributed by atoms with E-state index in [2.05, 4.69) is 17.4 Å². The Morgan fingerprint density at radius 2 is 1.60 bits per heavy atom. The third-order valence-electron chi connectivity index (χ3n) is 5.25. The van der Waals surface area contributed by atoms with E-state index in [1.165, 1.54) is 18.2 Å². The first-order chi connectivity index (χ1) is 14.5. The molecular weight excluding hydrogens is 385 g/mol. The highest BCUT2D eigenvalue weighted by Crippen LogP contribution is 2.44. The van der Waals surface area contributed by atoms with Gasteiger partial charge in [-0.05, 0) is 46.4 Å². The summed E-state index contributed by atoms with van der Waals surface area (Å²) in [5, 5.41) is 11.2. The van der Waals surface area contributed by atoms with Gasteiger partial charge in [0.1, 0.15) is 12.4 Å². The Bertz CT molecular complexity index is 1070. The molecule has 4 rings (SSSR count). The molecule has 0 saturated carbocycles. The molecule has 30 heavy (non-hydrogen) atoms. The summed E-state index contributed by atoms with van der Waals surface area (Å²) >= 11 is 0. The maximum atomic E-state index is 14.1. The molecule has 5 nitrogen and oxygen atoms in total. The monoisotopic (exact) mass is 405 g/mol. The van der Waals surface area contributed by atoms with Crippen LogP contribution in [0.2, 0.25) is 0 Å². The SMILES string of the molecule is O=C(O)CCc1ccc(NC(=O)OCC2c3ccccc3-c3ccccc32)cc1F. The summed E-state index contributed by atoms with van der Waals surface area (Å²) in [6, 6.07) is 20.3. The smallest absolute Gasteiger partial charge is 0.411 e. The topological polar surface area (TPSA) is 75.6 Å². The number of carbonyl (C=O) groups excluding carboxylic acids is 1. The molecule has 3 aromatic rings. The number of hydrogen-bond donors (Lipinski definition) is 2. The van der Waals surface area contributed by atoms with Gasteiger partial charge in [-0.1, -0.05) is 54.6 Å². The molecule has 0 spiro atoms. The highest BCUT2D eigenvalue weighted by atomic mass is 19.1. The van der Waals surface area contributed by atoms with Crippen LogP contribution in [0.1, 0.15) is 29.0 Å². The van der Waals surface area contributed by atoms with Crippen LogP contribution in [-0.2, 0) is 16.0 Å². The van der Waals surface area contributed by atoms with Gasteiger partial charge in [-0.3, -0.25) is 10.1 Å². The van der Waals surface area contributed by atoms with E-state index in [0.29, 0.717) is 0 Å². The summed E-state index contributed by atoms with van der Waals surface area (Å²) in [6.07, 6.45) is -0.739. The fourth-order valence-electron chi connectivity index (χ4n) is 3.82. The van der Waals surface area contributed by atoms with Crippen molar-refractivity contribution in [2.75, 3.05) is 11.9 Å². The summed E-state index contributed by atoms with van der Waals surface area (Å²) in [4.78, 5) is 22.9. The van der Waals surface area contributed by atoms with Crippen molar-refractivity contribution in [1.82, 2.24) is 0 Å². The highest BCUT2D eigenvalue weighted by molar-refractivity contribution is 5.85. The number of rotatable bonds is 6. The lowest BCUT2D eigenvalue weighted by molar-refractivity contribution is -0.136. The molecular formula is C24H20FNO4. The molecule has 6 heteroatoms. The first-order valence-electron chi connectivity index (χ1n) is 9.65. The van der Waals surface area contributed by atoms with Crippen LogP contribution in [0, 0.1) is 5.82 Å². The van der Waals surface area contributed by atoms with E-state index in [-0.39, 0.29) is 36.6 Å². The molecule has 2 N–H and O–H groups in total. The number of ether oxygens (including phenoxy) is 1. The Kier molecular flexibility index (Phi) is 5.48. The van der Waals surface area contributed by atoms with Crippen molar-refractivity contribution < 1.29 is 23.8 Å². The molecule has 1 aliphatic carbocycles. The molecule has 1 amide bonds. The maximum Gasteiger partial charge on any atom is 0.411 e. The van der Waals surface area contributed by atoms with Crippen molar-refractivity contribution in [3.05, 3.63) is 89.2 Å². The van der Waals surface area contributed by atoms with Crippen LogP contribution < -0.4 is 5.32 Å². The van der Waals surface area contributed by atoms with Gasteiger partial charge in [0.05, 0.1) is 0 Å². The number of hydrogen-bond acceptors (Lipinski definition) is 3. The molecule has 0 bridgehead atoms. The van der Waals surface area contributed by atoms with Gasteiger partial charge in [-0.2, -0.15) is 0 Å². The third-order valence-corrected chi connectivity index (χ3v) is 5.25. The van der Waals surface area contributed by atoms with Gasteiger partial charge in [-0.25, -0.2) is 9.18 Å². The van der Waals surface area contributed by atoms with Crippen molar-refractivity contribution in [2.45, 2.75) is 18.8 Å². The van der Waals surface area contributed by atoms with E-state index in [0.717, 1.165) is 22.3 Å². The Morgan fingerprint density at radius 3 is 2.20 bits per heavy atom. The second-order valence-corrected chi connectivity index (χ2v) is 7.15. The minimum Gasteiger partial charge on any atom is -0.481 e.